The maximum atomic E-state index is 11.7. The number of benzene rings is 1. The van der Waals surface area contributed by atoms with Crippen molar-refractivity contribution in [2.75, 3.05) is 7.11 Å². The number of phenolic OH excluding ortho intramolecular Hbond substituents is 1. The molecule has 0 heterocycles. The maximum absolute atomic E-state index is 11.7. The van der Waals surface area contributed by atoms with Crippen molar-refractivity contribution < 1.29 is 14.4 Å². The number of aromatic hydroxyl groups is 1. The summed E-state index contributed by atoms with van der Waals surface area (Å²) in [5.41, 5.74) is 0.517. The number of methoxy groups -OCH3 is 1. The molecule has 0 aliphatic carbocycles. The molecule has 0 fully saturated rings. The third-order valence-corrected chi connectivity index (χ3v) is 3.39. The molecule has 1 N–H and O–H groups in total. The molecule has 1 unspecified atom stereocenters. The summed E-state index contributed by atoms with van der Waals surface area (Å²) in [6, 6.07) is 4.86. The van der Waals surface area contributed by atoms with E-state index in [4.69, 9.17) is 4.74 Å². The van der Waals surface area contributed by atoms with Gasteiger partial charge in [-0.15, -0.1) is 0 Å². The van der Waals surface area contributed by atoms with Crippen molar-refractivity contribution in [2.24, 2.45) is 4.40 Å². The molecule has 1 atom stereocenters. The molecule has 0 aliphatic rings. The molecule has 1 aromatic carbocycles. The minimum atomic E-state index is -1.33. The third-order valence-electron chi connectivity index (χ3n) is 2.05. The summed E-state index contributed by atoms with van der Waals surface area (Å²) in [5, 5.41) is 9.67. The van der Waals surface area contributed by atoms with Crippen molar-refractivity contribution in [3.8, 4) is 11.5 Å². The quantitative estimate of drug-likeness (QED) is 0.665. The Morgan fingerprint density at radius 1 is 1.41 bits per heavy atom. The zero-order chi connectivity index (χ0) is 13.1. The molecular weight excluding hydrogens is 238 g/mol. The fourth-order valence-electron chi connectivity index (χ4n) is 1.02. The van der Waals surface area contributed by atoms with Crippen molar-refractivity contribution in [3.05, 3.63) is 23.8 Å². The zero-order valence-corrected chi connectivity index (χ0v) is 11.2. The lowest BCUT2D eigenvalue weighted by Crippen LogP contribution is -2.25. The van der Waals surface area contributed by atoms with E-state index in [2.05, 4.69) is 4.40 Å². The van der Waals surface area contributed by atoms with Gasteiger partial charge in [-0.05, 0) is 32.9 Å². The molecule has 0 aliphatic heterocycles. The molecule has 0 saturated heterocycles. The molecule has 5 heteroatoms. The molecular formula is C12H17NO3S. The van der Waals surface area contributed by atoms with Crippen LogP contribution < -0.4 is 4.74 Å². The van der Waals surface area contributed by atoms with E-state index in [0.717, 1.165) is 0 Å². The zero-order valence-electron chi connectivity index (χ0n) is 10.4. The van der Waals surface area contributed by atoms with E-state index in [-0.39, 0.29) is 5.75 Å². The van der Waals surface area contributed by atoms with Gasteiger partial charge in [-0.3, -0.25) is 0 Å². The molecule has 0 radical (unpaired) electrons. The summed E-state index contributed by atoms with van der Waals surface area (Å²) in [5.74, 6) is 0.621. The van der Waals surface area contributed by atoms with E-state index in [1.807, 2.05) is 20.8 Å². The Bertz CT molecular complexity index is 413. The SMILES string of the molecule is COc1ccc(C=N[S+]([O-])C(C)(C)C)c(O)c1. The Morgan fingerprint density at radius 3 is 2.53 bits per heavy atom. The van der Waals surface area contributed by atoms with Crippen LogP contribution in [0.1, 0.15) is 26.3 Å². The van der Waals surface area contributed by atoms with Gasteiger partial charge < -0.3 is 14.4 Å². The molecule has 0 aromatic heterocycles. The van der Waals surface area contributed by atoms with Crippen LogP contribution in [0.5, 0.6) is 11.5 Å². The van der Waals surface area contributed by atoms with Crippen molar-refractivity contribution in [1.29, 1.82) is 0 Å². The highest BCUT2D eigenvalue weighted by atomic mass is 32.2. The molecule has 4 nitrogen and oxygen atoms in total. The lowest BCUT2D eigenvalue weighted by molar-refractivity contribution is 0.407. The number of hydrogen-bond donors (Lipinski definition) is 1. The van der Waals surface area contributed by atoms with Crippen LogP contribution in [-0.2, 0) is 11.4 Å². The number of phenols is 1. The van der Waals surface area contributed by atoms with Crippen LogP contribution in [-0.4, -0.2) is 27.7 Å². The van der Waals surface area contributed by atoms with Gasteiger partial charge in [0.15, 0.2) is 0 Å². The largest absolute Gasteiger partial charge is 0.591 e. The lowest BCUT2D eigenvalue weighted by Gasteiger charge is -2.17. The van der Waals surface area contributed by atoms with Crippen LogP contribution in [0.15, 0.2) is 22.6 Å². The van der Waals surface area contributed by atoms with E-state index in [1.54, 1.807) is 12.1 Å². The first-order chi connectivity index (χ1) is 7.84. The topological polar surface area (TPSA) is 64.9 Å². The summed E-state index contributed by atoms with van der Waals surface area (Å²) < 4.78 is 20.2. The van der Waals surface area contributed by atoms with E-state index >= 15 is 0 Å². The van der Waals surface area contributed by atoms with Gasteiger partial charge in [-0.1, -0.05) is 4.40 Å². The normalized spacial score (nSPS) is 13.9. The Balaban J connectivity index is 2.85. The molecule has 1 rings (SSSR count). The Labute approximate surface area is 105 Å². The van der Waals surface area contributed by atoms with Crippen molar-refractivity contribution in [1.82, 2.24) is 0 Å². The summed E-state index contributed by atoms with van der Waals surface area (Å²) in [6.07, 6.45) is 1.41. The van der Waals surface area contributed by atoms with Gasteiger partial charge in [0, 0.05) is 11.6 Å². The van der Waals surface area contributed by atoms with Gasteiger partial charge in [0.2, 0.25) is 0 Å². The van der Waals surface area contributed by atoms with Crippen molar-refractivity contribution in [2.45, 2.75) is 25.5 Å². The molecule has 94 valence electrons. The van der Waals surface area contributed by atoms with Gasteiger partial charge in [0.05, 0.1) is 13.3 Å². The van der Waals surface area contributed by atoms with Crippen LogP contribution in [0.3, 0.4) is 0 Å². The maximum Gasteiger partial charge on any atom is 0.144 e. The van der Waals surface area contributed by atoms with Gasteiger partial charge in [0.1, 0.15) is 27.6 Å². The Kier molecular flexibility index (Phi) is 4.42. The summed E-state index contributed by atoms with van der Waals surface area (Å²) in [4.78, 5) is 0. The summed E-state index contributed by atoms with van der Waals surface area (Å²) in [7, 11) is 1.52. The molecule has 0 amide bonds. The number of nitrogens with zero attached hydrogens (tertiary/aromatic N) is 1. The number of hydrogen-bond acceptors (Lipinski definition) is 4. The highest BCUT2D eigenvalue weighted by Crippen LogP contribution is 2.23. The van der Waals surface area contributed by atoms with E-state index in [9.17, 15) is 9.66 Å². The first-order valence-electron chi connectivity index (χ1n) is 5.17. The minimum absolute atomic E-state index is 0.0546. The molecule has 0 saturated carbocycles. The second kappa shape index (κ2) is 5.42. The first kappa shape index (κ1) is 13.9. The van der Waals surface area contributed by atoms with Crippen LogP contribution in [0.25, 0.3) is 0 Å². The average Bonchev–Trinajstić information content (AvgIpc) is 2.25. The molecule has 17 heavy (non-hydrogen) atoms. The van der Waals surface area contributed by atoms with Gasteiger partial charge in [-0.2, -0.15) is 0 Å². The predicted molar refractivity (Wildman–Crippen MR) is 70.1 cm³/mol. The summed E-state index contributed by atoms with van der Waals surface area (Å²) in [6.45, 7) is 5.52. The monoisotopic (exact) mass is 255 g/mol. The Hall–Kier alpha value is -1.20. The van der Waals surface area contributed by atoms with Crippen LogP contribution >= 0.6 is 0 Å². The smallest absolute Gasteiger partial charge is 0.144 e. The highest BCUT2D eigenvalue weighted by molar-refractivity contribution is 7.91. The first-order valence-corrected chi connectivity index (χ1v) is 6.28. The van der Waals surface area contributed by atoms with E-state index in [0.29, 0.717) is 11.3 Å². The van der Waals surface area contributed by atoms with Crippen molar-refractivity contribution in [3.63, 3.8) is 0 Å². The number of rotatable bonds is 3. The van der Waals surface area contributed by atoms with Gasteiger partial charge in [0.25, 0.3) is 0 Å². The van der Waals surface area contributed by atoms with Crippen molar-refractivity contribution >= 4 is 17.6 Å². The third kappa shape index (κ3) is 3.94. The van der Waals surface area contributed by atoms with E-state index < -0.39 is 16.1 Å². The Morgan fingerprint density at radius 2 is 2.06 bits per heavy atom. The van der Waals surface area contributed by atoms with Gasteiger partial charge >= 0.3 is 0 Å². The minimum Gasteiger partial charge on any atom is -0.591 e. The fourth-order valence-corrected chi connectivity index (χ4v) is 1.55. The average molecular weight is 255 g/mol. The fraction of sp³-hybridized carbons (Fsp3) is 0.417. The molecule has 1 aromatic rings. The molecule has 0 bridgehead atoms. The van der Waals surface area contributed by atoms with Gasteiger partial charge in [-0.25, -0.2) is 0 Å². The second-order valence-electron chi connectivity index (χ2n) is 4.52. The highest BCUT2D eigenvalue weighted by Gasteiger charge is 2.25. The second-order valence-corrected chi connectivity index (χ2v) is 6.45. The van der Waals surface area contributed by atoms with Crippen LogP contribution in [0.4, 0.5) is 0 Å². The van der Waals surface area contributed by atoms with E-state index in [1.165, 1.54) is 19.4 Å². The predicted octanol–water partition coefficient (Wildman–Crippen LogP) is 2.28. The van der Waals surface area contributed by atoms with Crippen LogP contribution in [0, 0.1) is 0 Å². The lowest BCUT2D eigenvalue weighted by atomic mass is 10.2. The number of ether oxygens (including phenoxy) is 1. The standard InChI is InChI=1S/C12H17NO3S/c1-12(2,3)17(15)13-8-9-5-6-10(16-4)7-11(9)14/h5-8,14H,1-4H3. The molecule has 0 spiro atoms. The summed E-state index contributed by atoms with van der Waals surface area (Å²) >= 11 is -1.33. The van der Waals surface area contributed by atoms with Crippen LogP contribution in [0.2, 0.25) is 0 Å².